The van der Waals surface area contributed by atoms with Crippen molar-refractivity contribution in [3.05, 3.63) is 0 Å². The van der Waals surface area contributed by atoms with E-state index < -0.39 is 0 Å². The molecule has 0 heterocycles. The van der Waals surface area contributed by atoms with Crippen molar-refractivity contribution < 1.29 is 4.79 Å². The first-order chi connectivity index (χ1) is 7.95. The molecule has 1 fully saturated rings. The highest BCUT2D eigenvalue weighted by Crippen LogP contribution is 2.33. The first-order valence-electron chi connectivity index (χ1n) is 7.01. The van der Waals surface area contributed by atoms with Crippen LogP contribution in [-0.4, -0.2) is 18.0 Å². The first kappa shape index (κ1) is 14.5. The summed E-state index contributed by atoms with van der Waals surface area (Å²) >= 11 is 0. The van der Waals surface area contributed by atoms with Gasteiger partial charge in [-0.15, -0.1) is 0 Å². The van der Waals surface area contributed by atoms with E-state index in [1.807, 2.05) is 6.92 Å². The molecule has 3 N–H and O–H groups in total. The molecule has 0 aromatic rings. The van der Waals surface area contributed by atoms with Gasteiger partial charge < -0.3 is 11.1 Å². The van der Waals surface area contributed by atoms with E-state index in [0.29, 0.717) is 30.2 Å². The zero-order valence-electron chi connectivity index (χ0n) is 11.7. The molecule has 0 aromatic carbocycles. The number of carbonyl (C=O) groups excluding carboxylic acids is 1. The average molecular weight is 240 g/mol. The van der Waals surface area contributed by atoms with Gasteiger partial charge in [0.25, 0.3) is 0 Å². The molecule has 17 heavy (non-hydrogen) atoms. The third kappa shape index (κ3) is 3.98. The number of nitrogens with one attached hydrogen (secondary N) is 1. The molecule has 3 nitrogen and oxygen atoms in total. The van der Waals surface area contributed by atoms with Crippen LogP contribution >= 0.6 is 0 Å². The molecular weight excluding hydrogens is 212 g/mol. The molecule has 1 aliphatic rings. The maximum Gasteiger partial charge on any atom is 0.237 e. The van der Waals surface area contributed by atoms with E-state index in [1.54, 1.807) is 0 Å². The lowest BCUT2D eigenvalue weighted by atomic mass is 9.74. The Morgan fingerprint density at radius 2 is 2.06 bits per heavy atom. The van der Waals surface area contributed by atoms with Crippen molar-refractivity contribution >= 4 is 5.91 Å². The lowest BCUT2D eigenvalue weighted by Crippen LogP contribution is -2.50. The molecule has 100 valence electrons. The van der Waals surface area contributed by atoms with E-state index in [4.69, 9.17) is 5.73 Å². The van der Waals surface area contributed by atoms with Crippen LogP contribution in [0.5, 0.6) is 0 Å². The summed E-state index contributed by atoms with van der Waals surface area (Å²) in [6.45, 7) is 8.72. The fraction of sp³-hybridized carbons (Fsp3) is 0.929. The topological polar surface area (TPSA) is 55.1 Å². The highest BCUT2D eigenvalue weighted by atomic mass is 16.2. The third-order valence-electron chi connectivity index (χ3n) is 4.13. The van der Waals surface area contributed by atoms with E-state index in [2.05, 4.69) is 26.1 Å². The summed E-state index contributed by atoms with van der Waals surface area (Å²) in [4.78, 5) is 11.9. The molecule has 0 bridgehead atoms. The maximum absolute atomic E-state index is 11.9. The quantitative estimate of drug-likeness (QED) is 0.792. The Morgan fingerprint density at radius 3 is 2.59 bits per heavy atom. The normalized spacial score (nSPS) is 31.3. The Kier molecular flexibility index (Phi) is 5.44. The van der Waals surface area contributed by atoms with Gasteiger partial charge in [-0.25, -0.2) is 0 Å². The van der Waals surface area contributed by atoms with Crippen LogP contribution in [0.25, 0.3) is 0 Å². The minimum atomic E-state index is -0.347. The molecule has 3 heteroatoms. The van der Waals surface area contributed by atoms with E-state index in [0.717, 1.165) is 6.42 Å². The van der Waals surface area contributed by atoms with Crippen LogP contribution in [0.2, 0.25) is 0 Å². The van der Waals surface area contributed by atoms with Crippen molar-refractivity contribution in [2.24, 2.45) is 23.5 Å². The second kappa shape index (κ2) is 6.39. The third-order valence-corrected chi connectivity index (χ3v) is 4.13. The molecule has 3 unspecified atom stereocenters. The predicted molar refractivity (Wildman–Crippen MR) is 71.5 cm³/mol. The number of hydrogen-bond acceptors (Lipinski definition) is 2. The van der Waals surface area contributed by atoms with Gasteiger partial charge >= 0.3 is 0 Å². The number of carbonyl (C=O) groups is 1. The zero-order valence-corrected chi connectivity index (χ0v) is 11.7. The molecule has 0 spiro atoms. The number of hydrogen-bond donors (Lipinski definition) is 2. The lowest BCUT2D eigenvalue weighted by Gasteiger charge is -2.38. The highest BCUT2D eigenvalue weighted by molar-refractivity contribution is 5.81. The minimum Gasteiger partial charge on any atom is -0.352 e. The molecule has 1 amide bonds. The van der Waals surface area contributed by atoms with Crippen molar-refractivity contribution in [2.45, 2.75) is 65.5 Å². The highest BCUT2D eigenvalue weighted by Gasteiger charge is 2.32. The summed E-state index contributed by atoms with van der Waals surface area (Å²) in [6.07, 6.45) is 4.33. The SMILES string of the molecule is CC[C@@H](N)C(=O)NC1CC(C)CCC1C(C)C. The van der Waals surface area contributed by atoms with Crippen molar-refractivity contribution in [1.29, 1.82) is 0 Å². The molecule has 0 saturated heterocycles. The van der Waals surface area contributed by atoms with Gasteiger partial charge in [0.05, 0.1) is 6.04 Å². The smallest absolute Gasteiger partial charge is 0.237 e. The van der Waals surface area contributed by atoms with Crippen molar-refractivity contribution in [3.63, 3.8) is 0 Å². The van der Waals surface area contributed by atoms with Crippen LogP contribution in [0.1, 0.15) is 53.4 Å². The molecule has 0 aromatic heterocycles. The molecular formula is C14H28N2O. The van der Waals surface area contributed by atoms with Gasteiger partial charge in [-0.1, -0.05) is 34.1 Å². The summed E-state index contributed by atoms with van der Waals surface area (Å²) in [5.74, 6) is 1.98. The van der Waals surface area contributed by atoms with E-state index >= 15 is 0 Å². The fourth-order valence-electron chi connectivity index (χ4n) is 2.84. The van der Waals surface area contributed by atoms with Crippen molar-refractivity contribution in [1.82, 2.24) is 5.32 Å². The monoisotopic (exact) mass is 240 g/mol. The number of rotatable bonds is 4. The largest absolute Gasteiger partial charge is 0.352 e. The van der Waals surface area contributed by atoms with E-state index in [-0.39, 0.29) is 11.9 Å². The van der Waals surface area contributed by atoms with Gasteiger partial charge in [0, 0.05) is 6.04 Å². The van der Waals surface area contributed by atoms with Gasteiger partial charge in [0.1, 0.15) is 0 Å². The standard InChI is InChI=1S/C14H28N2O/c1-5-12(15)14(17)16-13-8-10(4)6-7-11(13)9(2)3/h9-13H,5-8,15H2,1-4H3,(H,16,17)/t10?,11?,12-,13?/m1/s1. The summed E-state index contributed by atoms with van der Waals surface area (Å²) in [6, 6.07) is -0.0242. The zero-order chi connectivity index (χ0) is 13.0. The second-order valence-corrected chi connectivity index (χ2v) is 5.96. The second-order valence-electron chi connectivity index (χ2n) is 5.96. The maximum atomic E-state index is 11.9. The summed E-state index contributed by atoms with van der Waals surface area (Å²) in [5.41, 5.74) is 5.78. The molecule has 1 saturated carbocycles. The van der Waals surface area contributed by atoms with Gasteiger partial charge in [0.2, 0.25) is 5.91 Å². The average Bonchev–Trinajstić information content (AvgIpc) is 2.27. The summed E-state index contributed by atoms with van der Waals surface area (Å²) < 4.78 is 0. The van der Waals surface area contributed by atoms with Crippen molar-refractivity contribution in [2.75, 3.05) is 0 Å². The van der Waals surface area contributed by atoms with Gasteiger partial charge in [-0.3, -0.25) is 4.79 Å². The Balaban J connectivity index is 2.60. The van der Waals surface area contributed by atoms with Crippen LogP contribution < -0.4 is 11.1 Å². The van der Waals surface area contributed by atoms with Crippen LogP contribution in [0.4, 0.5) is 0 Å². The Hall–Kier alpha value is -0.570. The van der Waals surface area contributed by atoms with Crippen LogP contribution in [0.15, 0.2) is 0 Å². The Bertz CT molecular complexity index is 253. The van der Waals surface area contributed by atoms with Crippen LogP contribution in [0, 0.1) is 17.8 Å². The van der Waals surface area contributed by atoms with Crippen molar-refractivity contribution in [3.8, 4) is 0 Å². The number of amides is 1. The first-order valence-corrected chi connectivity index (χ1v) is 7.01. The molecule has 0 aliphatic heterocycles. The predicted octanol–water partition coefficient (Wildman–Crippen LogP) is 2.30. The van der Waals surface area contributed by atoms with Gasteiger partial charge in [-0.2, -0.15) is 0 Å². The van der Waals surface area contributed by atoms with Crippen LogP contribution in [-0.2, 0) is 4.79 Å². The van der Waals surface area contributed by atoms with Gasteiger partial charge in [-0.05, 0) is 37.0 Å². The molecule has 0 radical (unpaired) electrons. The van der Waals surface area contributed by atoms with Crippen LogP contribution in [0.3, 0.4) is 0 Å². The minimum absolute atomic E-state index is 0.0252. The number of nitrogens with two attached hydrogens (primary N) is 1. The Morgan fingerprint density at radius 1 is 1.41 bits per heavy atom. The molecule has 1 rings (SSSR count). The lowest BCUT2D eigenvalue weighted by molar-refractivity contribution is -0.124. The summed E-state index contributed by atoms with van der Waals surface area (Å²) in [5, 5.41) is 3.17. The van der Waals surface area contributed by atoms with E-state index in [1.165, 1.54) is 12.8 Å². The Labute approximate surface area is 106 Å². The van der Waals surface area contributed by atoms with Gasteiger partial charge in [0.15, 0.2) is 0 Å². The molecule has 1 aliphatic carbocycles. The molecule has 4 atom stereocenters. The fourth-order valence-corrected chi connectivity index (χ4v) is 2.84. The van der Waals surface area contributed by atoms with E-state index in [9.17, 15) is 4.79 Å². The summed E-state index contributed by atoms with van der Waals surface area (Å²) in [7, 11) is 0.